The van der Waals surface area contributed by atoms with Gasteiger partial charge in [0, 0.05) is 24.8 Å². The molecular formula is C21H27N3O3S. The first-order chi connectivity index (χ1) is 13.6. The van der Waals surface area contributed by atoms with E-state index in [-0.39, 0.29) is 6.04 Å². The first kappa shape index (κ1) is 20.2. The van der Waals surface area contributed by atoms with Crippen molar-refractivity contribution in [2.24, 2.45) is 0 Å². The third-order valence-corrected chi connectivity index (χ3v) is 4.99. The summed E-state index contributed by atoms with van der Waals surface area (Å²) in [5, 5.41) is 7.05. The molecule has 0 aliphatic carbocycles. The minimum Gasteiger partial charge on any atom is -0.497 e. The van der Waals surface area contributed by atoms with Crippen molar-refractivity contribution in [1.29, 1.82) is 0 Å². The predicted octanol–water partition coefficient (Wildman–Crippen LogP) is 3.59. The molecule has 3 rings (SSSR count). The predicted molar refractivity (Wildman–Crippen MR) is 117 cm³/mol. The maximum absolute atomic E-state index is 5.48. The lowest BCUT2D eigenvalue weighted by Crippen LogP contribution is -2.36. The van der Waals surface area contributed by atoms with Crippen LogP contribution in [0.15, 0.2) is 42.5 Å². The SMILES string of the molecule is COc1ccc(NC(=S)N[C@@H](C)c2ccc(N3CCOCC3)cc2)c(OC)c1. The van der Waals surface area contributed by atoms with E-state index in [1.165, 1.54) is 11.3 Å². The molecule has 1 fully saturated rings. The van der Waals surface area contributed by atoms with Gasteiger partial charge < -0.3 is 29.7 Å². The van der Waals surface area contributed by atoms with Gasteiger partial charge in [0.25, 0.3) is 0 Å². The van der Waals surface area contributed by atoms with E-state index >= 15 is 0 Å². The minimum absolute atomic E-state index is 0.0722. The minimum atomic E-state index is 0.0722. The average Bonchev–Trinajstić information content (AvgIpc) is 2.74. The van der Waals surface area contributed by atoms with Crippen LogP contribution < -0.4 is 25.0 Å². The van der Waals surface area contributed by atoms with Gasteiger partial charge in [-0.05, 0) is 49.0 Å². The van der Waals surface area contributed by atoms with Gasteiger partial charge >= 0.3 is 0 Å². The molecule has 0 unspecified atom stereocenters. The fourth-order valence-corrected chi connectivity index (χ4v) is 3.42. The fraction of sp³-hybridized carbons (Fsp3) is 0.381. The number of hydrogen-bond acceptors (Lipinski definition) is 5. The molecule has 6 nitrogen and oxygen atoms in total. The van der Waals surface area contributed by atoms with Crippen molar-refractivity contribution < 1.29 is 14.2 Å². The molecule has 1 heterocycles. The normalized spacial score (nSPS) is 14.9. The number of nitrogens with zero attached hydrogens (tertiary/aromatic N) is 1. The Morgan fingerprint density at radius 3 is 2.43 bits per heavy atom. The van der Waals surface area contributed by atoms with Gasteiger partial charge in [0.1, 0.15) is 11.5 Å². The summed E-state index contributed by atoms with van der Waals surface area (Å²) < 4.78 is 16.0. The molecule has 150 valence electrons. The monoisotopic (exact) mass is 401 g/mol. The molecular weight excluding hydrogens is 374 g/mol. The molecule has 0 aromatic heterocycles. The number of morpholine rings is 1. The van der Waals surface area contributed by atoms with Crippen molar-refractivity contribution in [2.45, 2.75) is 13.0 Å². The molecule has 0 spiro atoms. The van der Waals surface area contributed by atoms with Gasteiger partial charge in [-0.2, -0.15) is 0 Å². The molecule has 0 saturated carbocycles. The zero-order valence-electron chi connectivity index (χ0n) is 16.5. The van der Waals surface area contributed by atoms with E-state index < -0.39 is 0 Å². The molecule has 28 heavy (non-hydrogen) atoms. The van der Waals surface area contributed by atoms with Crippen LogP contribution in [0, 0.1) is 0 Å². The second kappa shape index (κ2) is 9.61. The fourth-order valence-electron chi connectivity index (χ4n) is 3.14. The van der Waals surface area contributed by atoms with Crippen LogP contribution in [0.1, 0.15) is 18.5 Å². The van der Waals surface area contributed by atoms with Crippen molar-refractivity contribution in [3.63, 3.8) is 0 Å². The summed E-state index contributed by atoms with van der Waals surface area (Å²) in [6.07, 6.45) is 0. The summed E-state index contributed by atoms with van der Waals surface area (Å²) >= 11 is 5.48. The average molecular weight is 402 g/mol. The summed E-state index contributed by atoms with van der Waals surface area (Å²) in [5.74, 6) is 1.40. The van der Waals surface area contributed by atoms with Crippen LogP contribution in [-0.2, 0) is 4.74 Å². The van der Waals surface area contributed by atoms with E-state index in [0.717, 1.165) is 37.7 Å². The highest BCUT2D eigenvalue weighted by Gasteiger charge is 2.13. The summed E-state index contributed by atoms with van der Waals surface area (Å²) in [6, 6.07) is 14.2. The highest BCUT2D eigenvalue weighted by atomic mass is 32.1. The number of methoxy groups -OCH3 is 2. The molecule has 0 radical (unpaired) electrons. The summed E-state index contributed by atoms with van der Waals surface area (Å²) in [7, 11) is 3.25. The Labute approximate surface area is 171 Å². The Morgan fingerprint density at radius 2 is 1.79 bits per heavy atom. The number of nitrogens with one attached hydrogen (secondary N) is 2. The van der Waals surface area contributed by atoms with Gasteiger partial charge in [-0.1, -0.05) is 12.1 Å². The molecule has 2 N–H and O–H groups in total. The molecule has 1 saturated heterocycles. The Bertz CT molecular complexity index is 792. The molecule has 0 amide bonds. The lowest BCUT2D eigenvalue weighted by Gasteiger charge is -2.29. The zero-order chi connectivity index (χ0) is 19.9. The van der Waals surface area contributed by atoms with E-state index in [4.69, 9.17) is 26.4 Å². The second-order valence-electron chi connectivity index (χ2n) is 6.58. The standard InChI is InChI=1S/C21H27N3O3S/c1-15(16-4-6-17(7-5-16)24-10-12-27-13-11-24)22-21(28)23-19-9-8-18(25-2)14-20(19)26-3/h4-9,14-15H,10-13H2,1-3H3,(H2,22,23,28)/t15-/m0/s1. The van der Waals surface area contributed by atoms with E-state index in [2.05, 4.69) is 46.7 Å². The molecule has 7 heteroatoms. The van der Waals surface area contributed by atoms with Crippen molar-refractivity contribution in [1.82, 2.24) is 5.32 Å². The lowest BCUT2D eigenvalue weighted by molar-refractivity contribution is 0.122. The van der Waals surface area contributed by atoms with Crippen LogP contribution in [0.2, 0.25) is 0 Å². The van der Waals surface area contributed by atoms with Gasteiger partial charge in [0.2, 0.25) is 0 Å². The van der Waals surface area contributed by atoms with Crippen LogP contribution in [0.3, 0.4) is 0 Å². The van der Waals surface area contributed by atoms with Crippen molar-refractivity contribution in [3.05, 3.63) is 48.0 Å². The number of anilines is 2. The van der Waals surface area contributed by atoms with Crippen LogP contribution >= 0.6 is 12.2 Å². The van der Waals surface area contributed by atoms with E-state index in [9.17, 15) is 0 Å². The lowest BCUT2D eigenvalue weighted by atomic mass is 10.1. The van der Waals surface area contributed by atoms with Crippen molar-refractivity contribution in [3.8, 4) is 11.5 Å². The Kier molecular flexibility index (Phi) is 6.95. The zero-order valence-corrected chi connectivity index (χ0v) is 17.3. The first-order valence-electron chi connectivity index (χ1n) is 9.33. The van der Waals surface area contributed by atoms with Crippen LogP contribution in [-0.4, -0.2) is 45.6 Å². The number of thiocarbonyl (C=S) groups is 1. The van der Waals surface area contributed by atoms with Gasteiger partial charge in [-0.25, -0.2) is 0 Å². The Morgan fingerprint density at radius 1 is 1.07 bits per heavy atom. The molecule has 2 aromatic rings. The number of hydrogen-bond donors (Lipinski definition) is 2. The largest absolute Gasteiger partial charge is 0.497 e. The molecule has 0 bridgehead atoms. The van der Waals surface area contributed by atoms with Crippen molar-refractivity contribution >= 4 is 28.7 Å². The van der Waals surface area contributed by atoms with E-state index in [1.54, 1.807) is 14.2 Å². The molecule has 1 atom stereocenters. The van der Waals surface area contributed by atoms with Crippen molar-refractivity contribution in [2.75, 3.05) is 50.7 Å². The van der Waals surface area contributed by atoms with Crippen LogP contribution in [0.4, 0.5) is 11.4 Å². The number of rotatable bonds is 6. The quantitative estimate of drug-likeness (QED) is 0.718. The summed E-state index contributed by atoms with van der Waals surface area (Å²) in [5.41, 5.74) is 3.18. The maximum Gasteiger partial charge on any atom is 0.171 e. The number of benzene rings is 2. The van der Waals surface area contributed by atoms with Gasteiger partial charge in [-0.3, -0.25) is 0 Å². The highest BCUT2D eigenvalue weighted by Crippen LogP contribution is 2.29. The smallest absolute Gasteiger partial charge is 0.171 e. The first-order valence-corrected chi connectivity index (χ1v) is 9.73. The van der Waals surface area contributed by atoms with Gasteiger partial charge in [0.05, 0.1) is 39.2 Å². The van der Waals surface area contributed by atoms with Gasteiger partial charge in [0.15, 0.2) is 5.11 Å². The van der Waals surface area contributed by atoms with Crippen LogP contribution in [0.25, 0.3) is 0 Å². The van der Waals surface area contributed by atoms with E-state index in [1.807, 2.05) is 18.2 Å². The van der Waals surface area contributed by atoms with E-state index in [0.29, 0.717) is 10.9 Å². The van der Waals surface area contributed by atoms with Crippen LogP contribution in [0.5, 0.6) is 11.5 Å². The topological polar surface area (TPSA) is 55.0 Å². The molecule has 1 aliphatic rings. The summed E-state index contributed by atoms with van der Waals surface area (Å²) in [6.45, 7) is 5.53. The van der Waals surface area contributed by atoms with Gasteiger partial charge in [-0.15, -0.1) is 0 Å². The molecule has 2 aromatic carbocycles. The third kappa shape index (κ3) is 5.05. The maximum atomic E-state index is 5.48. The summed E-state index contributed by atoms with van der Waals surface area (Å²) in [4.78, 5) is 2.34. The Hall–Kier alpha value is -2.51. The number of ether oxygens (including phenoxy) is 3. The third-order valence-electron chi connectivity index (χ3n) is 4.77. The highest BCUT2D eigenvalue weighted by molar-refractivity contribution is 7.80. The second-order valence-corrected chi connectivity index (χ2v) is 6.99. The molecule has 1 aliphatic heterocycles. The Balaban J connectivity index is 1.59.